The number of terminal acetylenes is 1. The normalized spacial score (nSPS) is 11.0. The Morgan fingerprint density at radius 2 is 2.12 bits per heavy atom. The maximum absolute atomic E-state index is 5.12. The second-order valence-corrected chi connectivity index (χ2v) is 4.79. The molecule has 0 bridgehead atoms. The van der Waals surface area contributed by atoms with Gasteiger partial charge in [-0.15, -0.1) is 6.42 Å². The van der Waals surface area contributed by atoms with Crippen molar-refractivity contribution in [3.63, 3.8) is 0 Å². The number of aryl methyl sites for hydroxylation is 1. The van der Waals surface area contributed by atoms with Gasteiger partial charge in [0.25, 0.3) is 0 Å². The van der Waals surface area contributed by atoms with Crippen LogP contribution in [-0.4, -0.2) is 23.8 Å². The first kappa shape index (κ1) is 13.7. The summed E-state index contributed by atoms with van der Waals surface area (Å²) >= 11 is 1.81. The van der Waals surface area contributed by atoms with E-state index in [1.165, 1.54) is 5.56 Å². The minimum atomic E-state index is 0.214. The summed E-state index contributed by atoms with van der Waals surface area (Å²) in [5, 5.41) is 4.10. The minimum absolute atomic E-state index is 0.214. The van der Waals surface area contributed by atoms with E-state index < -0.39 is 0 Å². The van der Waals surface area contributed by atoms with Gasteiger partial charge in [0.1, 0.15) is 0 Å². The van der Waals surface area contributed by atoms with E-state index in [0.717, 1.165) is 22.8 Å². The lowest BCUT2D eigenvalue weighted by Crippen LogP contribution is -2.06. The van der Waals surface area contributed by atoms with E-state index in [9.17, 15) is 0 Å². The van der Waals surface area contributed by atoms with Gasteiger partial charge in [-0.25, -0.2) is 0 Å². The fourth-order valence-electron chi connectivity index (χ4n) is 1.25. The third-order valence-corrected chi connectivity index (χ3v) is 3.04. The first-order chi connectivity index (χ1) is 8.27. The summed E-state index contributed by atoms with van der Waals surface area (Å²) in [5.41, 5.74) is 3.27. The van der Waals surface area contributed by atoms with Gasteiger partial charge in [0.05, 0.1) is 5.71 Å². The van der Waals surface area contributed by atoms with E-state index in [1.54, 1.807) is 0 Å². The third kappa shape index (κ3) is 4.97. The molecule has 0 heterocycles. The highest BCUT2D eigenvalue weighted by Crippen LogP contribution is 2.10. The van der Waals surface area contributed by atoms with Crippen molar-refractivity contribution in [2.45, 2.75) is 13.8 Å². The number of benzene rings is 1. The molecule has 0 unspecified atom stereocenters. The van der Waals surface area contributed by atoms with Crippen LogP contribution >= 0.6 is 11.8 Å². The molecule has 0 saturated heterocycles. The van der Waals surface area contributed by atoms with Gasteiger partial charge in [0.2, 0.25) is 0 Å². The molecule has 1 aromatic rings. The van der Waals surface area contributed by atoms with Crippen molar-refractivity contribution >= 4 is 17.5 Å². The predicted molar refractivity (Wildman–Crippen MR) is 75.5 cm³/mol. The molecule has 2 nitrogen and oxygen atoms in total. The molecule has 1 aromatic carbocycles. The topological polar surface area (TPSA) is 21.6 Å². The molecule has 0 N–H and O–H groups in total. The van der Waals surface area contributed by atoms with E-state index in [1.807, 2.05) is 11.8 Å². The van der Waals surface area contributed by atoms with Crippen molar-refractivity contribution in [1.82, 2.24) is 0 Å². The van der Waals surface area contributed by atoms with Crippen LogP contribution in [0.25, 0.3) is 0 Å². The van der Waals surface area contributed by atoms with Crippen molar-refractivity contribution in [3.8, 4) is 12.3 Å². The van der Waals surface area contributed by atoms with Crippen LogP contribution in [0.1, 0.15) is 18.1 Å². The van der Waals surface area contributed by atoms with Crippen LogP contribution in [0.3, 0.4) is 0 Å². The molecule has 0 amide bonds. The molecular formula is C14H17NOS. The fraction of sp³-hybridized carbons (Fsp3) is 0.357. The zero-order chi connectivity index (χ0) is 12.5. The Labute approximate surface area is 107 Å². The smallest absolute Gasteiger partial charge is 0.177 e. The number of rotatable bonds is 6. The summed E-state index contributed by atoms with van der Waals surface area (Å²) in [6.07, 6.45) is 5.12. The second-order valence-electron chi connectivity index (χ2n) is 3.52. The Morgan fingerprint density at radius 3 is 2.71 bits per heavy atom. The lowest BCUT2D eigenvalue weighted by Gasteiger charge is -2.06. The minimum Gasteiger partial charge on any atom is -0.382 e. The SMILES string of the molecule is C#CCO/N=C(\CSCC)c1ccc(C)cc1. The maximum atomic E-state index is 5.12. The highest BCUT2D eigenvalue weighted by atomic mass is 32.2. The highest BCUT2D eigenvalue weighted by molar-refractivity contribution is 7.99. The molecule has 0 fully saturated rings. The molecular weight excluding hydrogens is 230 g/mol. The second kappa shape index (κ2) is 7.81. The molecule has 0 saturated carbocycles. The van der Waals surface area contributed by atoms with Crippen LogP contribution in [0.15, 0.2) is 29.4 Å². The summed E-state index contributed by atoms with van der Waals surface area (Å²) in [4.78, 5) is 5.07. The van der Waals surface area contributed by atoms with Gasteiger partial charge in [-0.3, -0.25) is 0 Å². The zero-order valence-electron chi connectivity index (χ0n) is 10.3. The average molecular weight is 247 g/mol. The molecule has 0 aliphatic carbocycles. The Hall–Kier alpha value is -1.40. The lowest BCUT2D eigenvalue weighted by atomic mass is 10.1. The number of nitrogens with zero attached hydrogens (tertiary/aromatic N) is 1. The quantitative estimate of drug-likeness (QED) is 0.333. The highest BCUT2D eigenvalue weighted by Gasteiger charge is 2.04. The molecule has 17 heavy (non-hydrogen) atoms. The fourth-order valence-corrected chi connectivity index (χ4v) is 1.87. The summed E-state index contributed by atoms with van der Waals surface area (Å²) in [6, 6.07) is 8.26. The van der Waals surface area contributed by atoms with Gasteiger partial charge in [-0.05, 0) is 12.7 Å². The number of oxime groups is 1. The standard InChI is InChI=1S/C14H17NOS/c1-4-10-16-15-14(11-17-5-2)13-8-6-12(3)7-9-13/h1,6-9H,5,10-11H2,2-3H3/b15-14+. The van der Waals surface area contributed by atoms with Gasteiger partial charge in [-0.1, -0.05) is 47.8 Å². The molecule has 1 rings (SSSR count). The van der Waals surface area contributed by atoms with Crippen LogP contribution in [-0.2, 0) is 4.84 Å². The summed E-state index contributed by atoms with van der Waals surface area (Å²) < 4.78 is 0. The van der Waals surface area contributed by atoms with E-state index in [2.05, 4.69) is 49.2 Å². The summed E-state index contributed by atoms with van der Waals surface area (Å²) in [5.74, 6) is 4.30. The van der Waals surface area contributed by atoms with Gasteiger partial charge in [0.15, 0.2) is 6.61 Å². The van der Waals surface area contributed by atoms with Crippen LogP contribution in [0.2, 0.25) is 0 Å². The van der Waals surface area contributed by atoms with Gasteiger partial charge < -0.3 is 4.84 Å². The molecule has 0 spiro atoms. The molecule has 3 heteroatoms. The first-order valence-corrected chi connectivity index (χ1v) is 6.70. The maximum Gasteiger partial charge on any atom is 0.177 e. The van der Waals surface area contributed by atoms with Crippen molar-refractivity contribution in [2.24, 2.45) is 5.16 Å². The first-order valence-electron chi connectivity index (χ1n) is 5.55. The summed E-state index contributed by atoms with van der Waals surface area (Å²) in [6.45, 7) is 4.40. The summed E-state index contributed by atoms with van der Waals surface area (Å²) in [7, 11) is 0. The molecule has 0 aliphatic rings. The van der Waals surface area contributed by atoms with Crippen molar-refractivity contribution < 1.29 is 4.84 Å². The lowest BCUT2D eigenvalue weighted by molar-refractivity contribution is 0.180. The largest absolute Gasteiger partial charge is 0.382 e. The number of thioether (sulfide) groups is 1. The number of hydrogen-bond donors (Lipinski definition) is 0. The van der Waals surface area contributed by atoms with E-state index in [0.29, 0.717) is 0 Å². The van der Waals surface area contributed by atoms with Crippen molar-refractivity contribution in [2.75, 3.05) is 18.1 Å². The van der Waals surface area contributed by atoms with Gasteiger partial charge >= 0.3 is 0 Å². The van der Waals surface area contributed by atoms with Gasteiger partial charge in [0, 0.05) is 11.3 Å². The van der Waals surface area contributed by atoms with E-state index in [-0.39, 0.29) is 6.61 Å². The van der Waals surface area contributed by atoms with Crippen molar-refractivity contribution in [1.29, 1.82) is 0 Å². The van der Waals surface area contributed by atoms with Crippen LogP contribution in [0, 0.1) is 19.3 Å². The van der Waals surface area contributed by atoms with Crippen molar-refractivity contribution in [3.05, 3.63) is 35.4 Å². The molecule has 0 radical (unpaired) electrons. The molecule has 90 valence electrons. The predicted octanol–water partition coefficient (Wildman–Crippen LogP) is 3.10. The van der Waals surface area contributed by atoms with Gasteiger partial charge in [-0.2, -0.15) is 11.8 Å². The van der Waals surface area contributed by atoms with Crippen LogP contribution in [0.4, 0.5) is 0 Å². The van der Waals surface area contributed by atoms with E-state index in [4.69, 9.17) is 11.3 Å². The zero-order valence-corrected chi connectivity index (χ0v) is 11.1. The Bertz CT molecular complexity index is 403. The Morgan fingerprint density at radius 1 is 1.41 bits per heavy atom. The van der Waals surface area contributed by atoms with Crippen LogP contribution in [0.5, 0.6) is 0 Å². The molecule has 0 aromatic heterocycles. The number of hydrogen-bond acceptors (Lipinski definition) is 3. The van der Waals surface area contributed by atoms with Crippen LogP contribution < -0.4 is 0 Å². The molecule has 0 atom stereocenters. The monoisotopic (exact) mass is 247 g/mol. The van der Waals surface area contributed by atoms with E-state index >= 15 is 0 Å². The average Bonchev–Trinajstić information content (AvgIpc) is 2.35. The molecule has 0 aliphatic heterocycles. The third-order valence-electron chi connectivity index (χ3n) is 2.15. The Balaban J connectivity index is 2.78. The Kier molecular flexibility index (Phi) is 6.27.